The molecule has 3 aromatic rings. The van der Waals surface area contributed by atoms with Gasteiger partial charge in [0.2, 0.25) is 5.91 Å². The average molecular weight is 480 g/mol. The summed E-state index contributed by atoms with van der Waals surface area (Å²) in [5.41, 5.74) is 1.40. The van der Waals surface area contributed by atoms with E-state index in [1.165, 1.54) is 7.11 Å². The van der Waals surface area contributed by atoms with Crippen LogP contribution >= 0.6 is 0 Å². The summed E-state index contributed by atoms with van der Waals surface area (Å²) in [6, 6.07) is 12.9. The highest BCUT2D eigenvalue weighted by Gasteiger charge is 2.51. The number of rotatable bonds is 9. The molecule has 0 fully saturated rings. The van der Waals surface area contributed by atoms with E-state index >= 15 is 0 Å². The summed E-state index contributed by atoms with van der Waals surface area (Å²) in [4.78, 5) is 36.1. The lowest BCUT2D eigenvalue weighted by atomic mass is 9.92. The number of para-hydroxylation sites is 2. The molecule has 4 rings (SSSR count). The minimum absolute atomic E-state index is 0.0302. The van der Waals surface area contributed by atoms with Gasteiger partial charge in [0.05, 0.1) is 30.9 Å². The number of nitrogens with one attached hydrogen (secondary N) is 3. The van der Waals surface area contributed by atoms with Crippen LogP contribution in [-0.2, 0) is 14.3 Å². The monoisotopic (exact) mass is 479 g/mol. The fourth-order valence-electron chi connectivity index (χ4n) is 4.31. The van der Waals surface area contributed by atoms with Crippen LogP contribution in [0.15, 0.2) is 48.3 Å². The summed E-state index contributed by atoms with van der Waals surface area (Å²) in [6.45, 7) is 1.70. The maximum Gasteiger partial charge on any atom is 0.246 e. The molecule has 10 nitrogen and oxygen atoms in total. The number of ketones is 1. The first kappa shape index (κ1) is 24.1. The summed E-state index contributed by atoms with van der Waals surface area (Å²) in [6.07, 6.45) is 0. The third-order valence-corrected chi connectivity index (χ3v) is 6.03. The van der Waals surface area contributed by atoms with E-state index in [2.05, 4.69) is 20.6 Å². The van der Waals surface area contributed by atoms with Crippen molar-refractivity contribution in [2.45, 2.75) is 12.5 Å². The third kappa shape index (κ3) is 4.28. The molecule has 35 heavy (non-hydrogen) atoms. The summed E-state index contributed by atoms with van der Waals surface area (Å²) in [7, 11) is 6.31. The van der Waals surface area contributed by atoms with Gasteiger partial charge in [0.15, 0.2) is 5.78 Å². The minimum Gasteiger partial charge on any atom is -0.497 e. The number of benzene rings is 2. The van der Waals surface area contributed by atoms with Crippen molar-refractivity contribution in [1.82, 2.24) is 20.6 Å². The fourth-order valence-corrected chi connectivity index (χ4v) is 4.31. The van der Waals surface area contributed by atoms with Crippen molar-refractivity contribution >= 4 is 34.0 Å². The molecule has 0 spiro atoms. The number of amides is 1. The normalized spacial score (nSPS) is 17.7. The molecule has 0 aliphatic carbocycles. The zero-order chi connectivity index (χ0) is 25.2. The van der Waals surface area contributed by atoms with Crippen LogP contribution in [0, 0.1) is 0 Å². The molecule has 1 atom stereocenters. The molecule has 1 aliphatic rings. The minimum atomic E-state index is -1.19. The summed E-state index contributed by atoms with van der Waals surface area (Å²) in [5, 5.41) is 6.01. The molecular weight excluding hydrogens is 450 g/mol. The molecule has 10 heteroatoms. The zero-order valence-electron chi connectivity index (χ0n) is 20.4. The summed E-state index contributed by atoms with van der Waals surface area (Å²) in [5.74, 6) is 1.56. The Labute approximate surface area is 203 Å². The van der Waals surface area contributed by atoms with E-state index in [0.29, 0.717) is 34.4 Å². The van der Waals surface area contributed by atoms with Crippen LogP contribution in [0.2, 0.25) is 0 Å². The number of methoxy groups -OCH3 is 3. The van der Waals surface area contributed by atoms with Crippen LogP contribution < -0.4 is 25.0 Å². The van der Waals surface area contributed by atoms with Crippen molar-refractivity contribution in [2.75, 3.05) is 46.4 Å². The number of hydrogen-bond acceptors (Lipinski definition) is 8. The second kappa shape index (κ2) is 9.67. The van der Waals surface area contributed by atoms with Gasteiger partial charge < -0.3 is 34.7 Å². The number of carbonyl (C=O) groups excluding carboxylic acids is 2. The molecule has 1 amide bonds. The molecule has 0 unspecified atom stereocenters. The number of anilines is 1. The van der Waals surface area contributed by atoms with Crippen molar-refractivity contribution in [2.24, 2.45) is 0 Å². The SMILES string of the molecule is CNC1=C(c2nc3ccccc3[nH]2)C(=O)[C@@](C)(CNC(=O)COC)N1c1cc(OC)cc(OC)c1. The number of aromatic amines is 1. The van der Waals surface area contributed by atoms with Gasteiger partial charge in [-0.25, -0.2) is 4.98 Å². The van der Waals surface area contributed by atoms with E-state index in [0.717, 1.165) is 11.0 Å². The van der Waals surface area contributed by atoms with Crippen LogP contribution in [0.25, 0.3) is 16.6 Å². The van der Waals surface area contributed by atoms with E-state index < -0.39 is 5.54 Å². The molecule has 0 radical (unpaired) electrons. The zero-order valence-corrected chi connectivity index (χ0v) is 20.4. The molecule has 1 aromatic heterocycles. The first-order valence-electron chi connectivity index (χ1n) is 11.1. The number of nitrogens with zero attached hydrogens (tertiary/aromatic N) is 2. The summed E-state index contributed by atoms with van der Waals surface area (Å²) >= 11 is 0. The highest BCUT2D eigenvalue weighted by Crippen LogP contribution is 2.43. The number of fused-ring (bicyclic) bond motifs is 1. The second-order valence-corrected chi connectivity index (χ2v) is 8.30. The molecule has 0 bridgehead atoms. The maximum absolute atomic E-state index is 14.1. The van der Waals surface area contributed by atoms with Crippen molar-refractivity contribution < 1.29 is 23.8 Å². The first-order chi connectivity index (χ1) is 16.9. The Kier molecular flexibility index (Phi) is 6.65. The number of ether oxygens (including phenoxy) is 3. The molecular formula is C25H29N5O5. The average Bonchev–Trinajstić information content (AvgIpc) is 3.39. The number of carbonyl (C=O) groups is 2. The molecule has 0 saturated carbocycles. The van der Waals surface area contributed by atoms with Gasteiger partial charge in [-0.2, -0.15) is 0 Å². The topological polar surface area (TPSA) is 118 Å². The Morgan fingerprint density at radius 2 is 1.80 bits per heavy atom. The van der Waals surface area contributed by atoms with Crippen molar-refractivity contribution in [3.63, 3.8) is 0 Å². The molecule has 3 N–H and O–H groups in total. The Bertz CT molecular complexity index is 1250. The Hall–Kier alpha value is -4.05. The van der Waals surface area contributed by atoms with E-state index in [1.54, 1.807) is 34.3 Å². The quantitative estimate of drug-likeness (QED) is 0.427. The molecule has 2 heterocycles. The largest absolute Gasteiger partial charge is 0.497 e. The highest BCUT2D eigenvalue weighted by atomic mass is 16.5. The summed E-state index contributed by atoms with van der Waals surface area (Å²) < 4.78 is 15.9. The van der Waals surface area contributed by atoms with E-state index in [-0.39, 0.29) is 24.8 Å². The van der Waals surface area contributed by atoms with Crippen LogP contribution in [0.3, 0.4) is 0 Å². The number of H-pyrrole nitrogens is 1. The second-order valence-electron chi connectivity index (χ2n) is 8.30. The predicted molar refractivity (Wildman–Crippen MR) is 132 cm³/mol. The Balaban J connectivity index is 1.89. The smallest absolute Gasteiger partial charge is 0.246 e. The first-order valence-corrected chi connectivity index (χ1v) is 11.1. The van der Waals surface area contributed by atoms with Crippen molar-refractivity contribution in [1.29, 1.82) is 0 Å². The number of hydrogen-bond donors (Lipinski definition) is 3. The van der Waals surface area contributed by atoms with Crippen molar-refractivity contribution in [3.05, 3.63) is 54.1 Å². The number of imidazole rings is 1. The lowest BCUT2D eigenvalue weighted by Gasteiger charge is -2.37. The van der Waals surface area contributed by atoms with E-state index in [1.807, 2.05) is 41.3 Å². The highest BCUT2D eigenvalue weighted by molar-refractivity contribution is 6.30. The number of Topliss-reactive ketones (excluding diaryl/α,β-unsaturated/α-hetero) is 1. The van der Waals surface area contributed by atoms with Gasteiger partial charge in [0.1, 0.15) is 40.9 Å². The molecule has 0 saturated heterocycles. The predicted octanol–water partition coefficient (Wildman–Crippen LogP) is 2.08. The van der Waals surface area contributed by atoms with E-state index in [9.17, 15) is 9.59 Å². The van der Waals surface area contributed by atoms with Gasteiger partial charge in [0.25, 0.3) is 0 Å². The van der Waals surface area contributed by atoms with E-state index in [4.69, 9.17) is 14.2 Å². The fraction of sp³-hybridized carbons (Fsp3) is 0.320. The van der Waals surface area contributed by atoms with Gasteiger partial charge in [-0.1, -0.05) is 12.1 Å². The van der Waals surface area contributed by atoms with Crippen LogP contribution in [-0.4, -0.2) is 68.7 Å². The maximum atomic E-state index is 14.1. The lowest BCUT2D eigenvalue weighted by molar-refractivity contribution is -0.125. The van der Waals surface area contributed by atoms with Crippen molar-refractivity contribution in [3.8, 4) is 11.5 Å². The molecule has 1 aliphatic heterocycles. The molecule has 2 aromatic carbocycles. The van der Waals surface area contributed by atoms with Gasteiger partial charge in [-0.3, -0.25) is 9.59 Å². The van der Waals surface area contributed by atoms with Crippen LogP contribution in [0.4, 0.5) is 5.69 Å². The van der Waals surface area contributed by atoms with Crippen LogP contribution in [0.5, 0.6) is 11.5 Å². The Morgan fingerprint density at radius 1 is 1.11 bits per heavy atom. The Morgan fingerprint density at radius 3 is 2.40 bits per heavy atom. The van der Waals surface area contributed by atoms with Gasteiger partial charge >= 0.3 is 0 Å². The standard InChI is InChI=1S/C25H29N5O5/c1-25(14-27-20(31)13-33-3)22(32)21(23-28-18-8-6-7-9-19(18)29-23)24(26-2)30(25)15-10-16(34-4)12-17(11-15)35-5/h6-12,26H,13-14H2,1-5H3,(H,27,31)(H,28,29)/t25-/m1/s1. The van der Waals surface area contributed by atoms with Gasteiger partial charge in [0, 0.05) is 38.9 Å². The third-order valence-electron chi connectivity index (χ3n) is 6.03. The van der Waals surface area contributed by atoms with Gasteiger partial charge in [-0.05, 0) is 19.1 Å². The molecule has 184 valence electrons. The number of aromatic nitrogens is 2. The lowest BCUT2D eigenvalue weighted by Crippen LogP contribution is -2.56. The van der Waals surface area contributed by atoms with Crippen LogP contribution in [0.1, 0.15) is 12.7 Å². The van der Waals surface area contributed by atoms with Gasteiger partial charge in [-0.15, -0.1) is 0 Å².